The molecule has 0 fully saturated rings. The first-order valence-electron chi connectivity index (χ1n) is 4.17. The first-order valence-corrected chi connectivity index (χ1v) is 4.96. The first-order chi connectivity index (χ1) is 7.06. The summed E-state index contributed by atoms with van der Waals surface area (Å²) in [6, 6.07) is 4.21. The number of benzene rings is 1. The van der Waals surface area contributed by atoms with E-state index in [2.05, 4.69) is 15.9 Å². The van der Waals surface area contributed by atoms with Crippen LogP contribution in [0.2, 0.25) is 0 Å². The zero-order valence-electron chi connectivity index (χ0n) is 8.01. The molecule has 0 aliphatic heterocycles. The number of aliphatic hydroxyl groups excluding tert-OH is 1. The maximum Gasteiger partial charge on any atom is 0.270 e. The molecule has 0 aliphatic rings. The third kappa shape index (κ3) is 2.98. The Morgan fingerprint density at radius 2 is 2.33 bits per heavy atom. The molecule has 1 aromatic rings. The normalized spacial score (nSPS) is 12.5. The van der Waals surface area contributed by atoms with Gasteiger partial charge in [-0.2, -0.15) is 0 Å². The average Bonchev–Trinajstić information content (AvgIpc) is 2.17. The van der Waals surface area contributed by atoms with Gasteiger partial charge in [0.1, 0.15) is 6.10 Å². The second kappa shape index (κ2) is 5.20. The largest absolute Gasteiger partial charge is 0.386 e. The number of nitrogens with zero attached hydrogens (tertiary/aromatic N) is 1. The summed E-state index contributed by atoms with van der Waals surface area (Å²) in [5, 5.41) is 20.1. The molecule has 0 spiro atoms. The molecule has 0 radical (unpaired) electrons. The van der Waals surface area contributed by atoms with E-state index < -0.39 is 11.0 Å². The van der Waals surface area contributed by atoms with Crippen molar-refractivity contribution in [3.63, 3.8) is 0 Å². The highest BCUT2D eigenvalue weighted by Gasteiger charge is 2.14. The van der Waals surface area contributed by atoms with Crippen LogP contribution in [-0.2, 0) is 4.74 Å². The fraction of sp³-hybridized carbons (Fsp3) is 0.333. The summed E-state index contributed by atoms with van der Waals surface area (Å²) in [5.41, 5.74) is 0.553. The average molecular weight is 276 g/mol. The van der Waals surface area contributed by atoms with Crippen molar-refractivity contribution in [1.82, 2.24) is 0 Å². The Hall–Kier alpha value is -0.980. The van der Waals surface area contributed by atoms with Crippen LogP contribution in [0.25, 0.3) is 0 Å². The molecular weight excluding hydrogens is 266 g/mol. The van der Waals surface area contributed by atoms with Gasteiger partial charge >= 0.3 is 0 Å². The second-order valence-corrected chi connectivity index (χ2v) is 3.79. The standard InChI is InChI=1S/C9H10BrNO4/c1-15-5-9(12)7-3-2-6(11(13)14)4-8(7)10/h2-4,9,12H,5H2,1H3. The van der Waals surface area contributed by atoms with Crippen LogP contribution >= 0.6 is 15.9 Å². The smallest absolute Gasteiger partial charge is 0.270 e. The fourth-order valence-corrected chi connectivity index (χ4v) is 1.78. The molecule has 0 bridgehead atoms. The van der Waals surface area contributed by atoms with Gasteiger partial charge in [0.25, 0.3) is 5.69 Å². The lowest BCUT2D eigenvalue weighted by molar-refractivity contribution is -0.385. The number of hydrogen-bond acceptors (Lipinski definition) is 4. The van der Waals surface area contributed by atoms with Crippen molar-refractivity contribution in [2.45, 2.75) is 6.10 Å². The van der Waals surface area contributed by atoms with Crippen molar-refractivity contribution >= 4 is 21.6 Å². The molecule has 6 heteroatoms. The maximum atomic E-state index is 10.5. The summed E-state index contributed by atoms with van der Waals surface area (Å²) >= 11 is 3.17. The molecule has 0 amide bonds. The van der Waals surface area contributed by atoms with Crippen molar-refractivity contribution in [1.29, 1.82) is 0 Å². The molecule has 15 heavy (non-hydrogen) atoms. The number of methoxy groups -OCH3 is 1. The Labute approximate surface area is 95.0 Å². The van der Waals surface area contributed by atoms with Crippen LogP contribution in [-0.4, -0.2) is 23.7 Å². The van der Waals surface area contributed by atoms with E-state index in [0.29, 0.717) is 10.0 Å². The minimum absolute atomic E-state index is 0.0183. The van der Waals surface area contributed by atoms with E-state index in [1.165, 1.54) is 25.3 Å². The van der Waals surface area contributed by atoms with Gasteiger partial charge in [0.05, 0.1) is 11.5 Å². The molecular formula is C9H10BrNO4. The summed E-state index contributed by atoms with van der Waals surface area (Å²) in [6.45, 7) is 0.149. The number of rotatable bonds is 4. The quantitative estimate of drug-likeness (QED) is 0.674. The van der Waals surface area contributed by atoms with Gasteiger partial charge in [-0.15, -0.1) is 0 Å². The lowest BCUT2D eigenvalue weighted by atomic mass is 10.1. The lowest BCUT2D eigenvalue weighted by Crippen LogP contribution is -2.06. The van der Waals surface area contributed by atoms with Gasteiger partial charge in [-0.05, 0) is 11.6 Å². The van der Waals surface area contributed by atoms with Crippen LogP contribution < -0.4 is 0 Å². The molecule has 5 nitrogen and oxygen atoms in total. The Morgan fingerprint density at radius 1 is 1.67 bits per heavy atom. The number of non-ortho nitro benzene ring substituents is 1. The molecule has 1 aromatic carbocycles. The molecule has 0 heterocycles. The zero-order valence-corrected chi connectivity index (χ0v) is 9.60. The van der Waals surface area contributed by atoms with Crippen LogP contribution in [0, 0.1) is 10.1 Å². The van der Waals surface area contributed by atoms with E-state index in [1.54, 1.807) is 0 Å². The number of nitro benzene ring substituents is 1. The number of ether oxygens (including phenoxy) is 1. The zero-order chi connectivity index (χ0) is 11.4. The molecule has 0 saturated carbocycles. The van der Waals surface area contributed by atoms with Crippen LogP contribution in [0.3, 0.4) is 0 Å². The van der Waals surface area contributed by atoms with Gasteiger partial charge in [-0.3, -0.25) is 10.1 Å². The molecule has 1 unspecified atom stereocenters. The SMILES string of the molecule is COCC(O)c1ccc([N+](=O)[O-])cc1Br. The predicted octanol–water partition coefficient (Wildman–Crippen LogP) is 2.04. The third-order valence-corrected chi connectivity index (χ3v) is 2.57. The maximum absolute atomic E-state index is 10.5. The van der Waals surface area contributed by atoms with Gasteiger partial charge in [-0.25, -0.2) is 0 Å². The summed E-state index contributed by atoms with van der Waals surface area (Å²) in [7, 11) is 1.47. The van der Waals surface area contributed by atoms with E-state index in [-0.39, 0.29) is 12.3 Å². The molecule has 1 atom stereocenters. The van der Waals surface area contributed by atoms with Gasteiger partial charge in [0.15, 0.2) is 0 Å². The molecule has 0 saturated heterocycles. The summed E-state index contributed by atoms with van der Waals surface area (Å²) in [5.74, 6) is 0. The van der Waals surface area contributed by atoms with E-state index in [4.69, 9.17) is 4.74 Å². The van der Waals surface area contributed by atoms with E-state index in [1.807, 2.05) is 0 Å². The van der Waals surface area contributed by atoms with Crippen LogP contribution in [0.15, 0.2) is 22.7 Å². The highest BCUT2D eigenvalue weighted by atomic mass is 79.9. The van der Waals surface area contributed by atoms with E-state index in [0.717, 1.165) is 0 Å². The Morgan fingerprint density at radius 3 is 2.80 bits per heavy atom. The monoisotopic (exact) mass is 275 g/mol. The van der Waals surface area contributed by atoms with Gasteiger partial charge in [0.2, 0.25) is 0 Å². The molecule has 0 aliphatic carbocycles. The van der Waals surface area contributed by atoms with Crippen molar-refractivity contribution in [2.24, 2.45) is 0 Å². The predicted molar refractivity (Wildman–Crippen MR) is 57.6 cm³/mol. The minimum atomic E-state index is -0.787. The van der Waals surface area contributed by atoms with Crippen molar-refractivity contribution in [2.75, 3.05) is 13.7 Å². The fourth-order valence-electron chi connectivity index (χ4n) is 1.15. The van der Waals surface area contributed by atoms with Crippen LogP contribution in [0.4, 0.5) is 5.69 Å². The summed E-state index contributed by atoms with van der Waals surface area (Å²) in [4.78, 5) is 9.97. The Kier molecular flexibility index (Phi) is 4.19. The number of aliphatic hydroxyl groups is 1. The third-order valence-electron chi connectivity index (χ3n) is 1.88. The minimum Gasteiger partial charge on any atom is -0.386 e. The summed E-state index contributed by atoms with van der Waals surface area (Å²) in [6.07, 6.45) is -0.787. The summed E-state index contributed by atoms with van der Waals surface area (Å²) < 4.78 is 5.29. The van der Waals surface area contributed by atoms with E-state index in [9.17, 15) is 15.2 Å². The van der Waals surface area contributed by atoms with Gasteiger partial charge in [0, 0.05) is 23.7 Å². The topological polar surface area (TPSA) is 72.6 Å². The number of nitro groups is 1. The van der Waals surface area contributed by atoms with Crippen LogP contribution in [0.1, 0.15) is 11.7 Å². The van der Waals surface area contributed by atoms with Crippen molar-refractivity contribution in [3.05, 3.63) is 38.3 Å². The lowest BCUT2D eigenvalue weighted by Gasteiger charge is -2.11. The number of hydrogen-bond donors (Lipinski definition) is 1. The molecule has 82 valence electrons. The highest BCUT2D eigenvalue weighted by molar-refractivity contribution is 9.10. The van der Waals surface area contributed by atoms with Crippen molar-refractivity contribution < 1.29 is 14.8 Å². The second-order valence-electron chi connectivity index (χ2n) is 2.93. The number of halogens is 1. The molecule has 1 rings (SSSR count). The van der Waals surface area contributed by atoms with Gasteiger partial charge in [-0.1, -0.05) is 15.9 Å². The Balaban J connectivity index is 2.97. The highest BCUT2D eigenvalue weighted by Crippen LogP contribution is 2.27. The Bertz CT molecular complexity index is 369. The molecule has 1 N–H and O–H groups in total. The van der Waals surface area contributed by atoms with E-state index >= 15 is 0 Å². The van der Waals surface area contributed by atoms with Gasteiger partial charge < -0.3 is 9.84 Å². The van der Waals surface area contributed by atoms with Crippen LogP contribution in [0.5, 0.6) is 0 Å². The van der Waals surface area contributed by atoms with Crippen molar-refractivity contribution in [3.8, 4) is 0 Å². The first kappa shape index (κ1) is 12.1. The molecule has 0 aromatic heterocycles.